The van der Waals surface area contributed by atoms with Gasteiger partial charge in [0.1, 0.15) is 0 Å². The van der Waals surface area contributed by atoms with Crippen LogP contribution in [0.4, 0.5) is 0 Å². The van der Waals surface area contributed by atoms with E-state index in [0.717, 1.165) is 19.4 Å². The number of rotatable bonds is 5. The second-order valence-electron chi connectivity index (χ2n) is 6.16. The van der Waals surface area contributed by atoms with E-state index >= 15 is 0 Å². The summed E-state index contributed by atoms with van der Waals surface area (Å²) < 4.78 is 0. The van der Waals surface area contributed by atoms with Crippen LogP contribution in [0.3, 0.4) is 0 Å². The van der Waals surface area contributed by atoms with Crippen LogP contribution in [0.1, 0.15) is 39.0 Å². The Hall–Kier alpha value is -1.13. The first kappa shape index (κ1) is 15.3. The van der Waals surface area contributed by atoms with Crippen LogP contribution in [0.15, 0.2) is 24.3 Å². The minimum atomic E-state index is -0.701. The van der Waals surface area contributed by atoms with Crippen molar-refractivity contribution in [2.45, 2.75) is 51.1 Å². The first-order valence-electron chi connectivity index (χ1n) is 7.72. The van der Waals surface area contributed by atoms with Crippen molar-refractivity contribution in [2.75, 3.05) is 13.1 Å². The van der Waals surface area contributed by atoms with Crippen LogP contribution in [0.5, 0.6) is 0 Å². The summed E-state index contributed by atoms with van der Waals surface area (Å²) >= 11 is 0. The molecule has 0 spiro atoms. The molecule has 20 heavy (non-hydrogen) atoms. The lowest BCUT2D eigenvalue weighted by Crippen LogP contribution is -2.50. The van der Waals surface area contributed by atoms with E-state index in [9.17, 15) is 4.79 Å². The van der Waals surface area contributed by atoms with Gasteiger partial charge in [-0.15, -0.1) is 0 Å². The van der Waals surface area contributed by atoms with E-state index in [1.807, 2.05) is 24.3 Å². The molecule has 0 saturated carbocycles. The van der Waals surface area contributed by atoms with Gasteiger partial charge in [-0.25, -0.2) is 0 Å². The van der Waals surface area contributed by atoms with Gasteiger partial charge in [0.05, 0.1) is 5.41 Å². The maximum absolute atomic E-state index is 11.9. The maximum Gasteiger partial charge on any atom is 0.229 e. The lowest BCUT2D eigenvalue weighted by Gasteiger charge is -2.36. The van der Waals surface area contributed by atoms with Crippen LogP contribution >= 0.6 is 0 Å². The summed E-state index contributed by atoms with van der Waals surface area (Å²) in [5.41, 5.74) is 11.0. The van der Waals surface area contributed by atoms with E-state index in [2.05, 4.69) is 11.8 Å². The normalized spacial score (nSPS) is 34.3. The standard InChI is InChI=1S/C16H27N3O/c1-13-7-3-5-11-19(13)12-6-10-16(15(18)20)9-4-2-8-14(16)17/h2,4,8-9,13-14H,3,5-7,10-12,17H2,1H3,(H2,18,20). The molecule has 1 aliphatic carbocycles. The number of nitrogens with two attached hydrogens (primary N) is 2. The number of carbonyl (C=O) groups excluding carboxylic acids is 1. The summed E-state index contributed by atoms with van der Waals surface area (Å²) in [6.45, 7) is 4.49. The fourth-order valence-electron chi connectivity index (χ4n) is 3.38. The molecule has 0 aromatic heterocycles. The molecular formula is C16H27N3O. The number of nitrogens with zero attached hydrogens (tertiary/aromatic N) is 1. The van der Waals surface area contributed by atoms with Crippen molar-refractivity contribution < 1.29 is 4.79 Å². The van der Waals surface area contributed by atoms with Crippen LogP contribution in [0.2, 0.25) is 0 Å². The van der Waals surface area contributed by atoms with Crippen molar-refractivity contribution in [1.82, 2.24) is 4.90 Å². The predicted molar refractivity (Wildman–Crippen MR) is 82.0 cm³/mol. The third kappa shape index (κ3) is 3.13. The lowest BCUT2D eigenvalue weighted by molar-refractivity contribution is -0.126. The Labute approximate surface area is 121 Å². The van der Waals surface area contributed by atoms with Gasteiger partial charge < -0.3 is 16.4 Å². The van der Waals surface area contributed by atoms with E-state index in [1.165, 1.54) is 25.8 Å². The van der Waals surface area contributed by atoms with Gasteiger partial charge >= 0.3 is 0 Å². The van der Waals surface area contributed by atoms with Gasteiger partial charge in [-0.2, -0.15) is 0 Å². The molecule has 0 aromatic rings. The Kier molecular flexibility index (Phi) is 5.00. The molecule has 4 heteroatoms. The smallest absolute Gasteiger partial charge is 0.229 e. The van der Waals surface area contributed by atoms with Gasteiger partial charge in [-0.1, -0.05) is 30.7 Å². The average molecular weight is 277 g/mol. The van der Waals surface area contributed by atoms with E-state index in [1.54, 1.807) is 0 Å². The van der Waals surface area contributed by atoms with Crippen molar-refractivity contribution in [3.05, 3.63) is 24.3 Å². The van der Waals surface area contributed by atoms with Gasteiger partial charge in [-0.05, 0) is 45.7 Å². The predicted octanol–water partition coefficient (Wildman–Crippen LogP) is 1.57. The summed E-state index contributed by atoms with van der Waals surface area (Å²) in [7, 11) is 0. The van der Waals surface area contributed by atoms with Gasteiger partial charge in [0.15, 0.2) is 0 Å². The molecule has 112 valence electrons. The number of allylic oxidation sites excluding steroid dienone is 2. The first-order chi connectivity index (χ1) is 9.56. The molecule has 0 bridgehead atoms. The zero-order valence-electron chi connectivity index (χ0n) is 12.4. The Morgan fingerprint density at radius 1 is 1.40 bits per heavy atom. The Morgan fingerprint density at radius 3 is 2.85 bits per heavy atom. The molecule has 1 amide bonds. The van der Waals surface area contributed by atoms with E-state index in [-0.39, 0.29) is 11.9 Å². The average Bonchev–Trinajstić information content (AvgIpc) is 2.43. The Balaban J connectivity index is 1.92. The van der Waals surface area contributed by atoms with Crippen molar-refractivity contribution in [3.8, 4) is 0 Å². The van der Waals surface area contributed by atoms with Crippen molar-refractivity contribution in [1.29, 1.82) is 0 Å². The number of likely N-dealkylation sites (tertiary alicyclic amines) is 1. The molecule has 1 aliphatic heterocycles. The van der Waals surface area contributed by atoms with Crippen LogP contribution in [0.25, 0.3) is 0 Å². The van der Waals surface area contributed by atoms with E-state index in [0.29, 0.717) is 6.04 Å². The monoisotopic (exact) mass is 277 g/mol. The minimum Gasteiger partial charge on any atom is -0.369 e. The van der Waals surface area contributed by atoms with Gasteiger partial charge in [0, 0.05) is 12.1 Å². The summed E-state index contributed by atoms with van der Waals surface area (Å²) in [6.07, 6.45) is 13.1. The fourth-order valence-corrected chi connectivity index (χ4v) is 3.38. The number of primary amides is 1. The highest BCUT2D eigenvalue weighted by molar-refractivity contribution is 5.84. The second-order valence-corrected chi connectivity index (χ2v) is 6.16. The summed E-state index contributed by atoms with van der Waals surface area (Å²) in [5.74, 6) is -0.308. The molecule has 0 aromatic carbocycles. The minimum absolute atomic E-state index is 0.302. The molecule has 1 saturated heterocycles. The van der Waals surface area contributed by atoms with E-state index < -0.39 is 5.41 Å². The Morgan fingerprint density at radius 2 is 2.20 bits per heavy atom. The zero-order valence-corrected chi connectivity index (χ0v) is 12.4. The van der Waals surface area contributed by atoms with Gasteiger partial charge in [-0.3, -0.25) is 4.79 Å². The number of amides is 1. The van der Waals surface area contributed by atoms with Gasteiger partial charge in [0.2, 0.25) is 5.91 Å². The lowest BCUT2D eigenvalue weighted by atomic mass is 9.73. The van der Waals surface area contributed by atoms with Crippen molar-refractivity contribution in [3.63, 3.8) is 0 Å². The van der Waals surface area contributed by atoms with Crippen LogP contribution in [0, 0.1) is 5.41 Å². The van der Waals surface area contributed by atoms with Gasteiger partial charge in [0.25, 0.3) is 0 Å². The molecule has 0 radical (unpaired) electrons. The largest absolute Gasteiger partial charge is 0.369 e. The molecule has 4 N–H and O–H groups in total. The third-order valence-corrected chi connectivity index (χ3v) is 4.85. The molecule has 4 nitrogen and oxygen atoms in total. The number of carbonyl (C=O) groups is 1. The molecule has 3 atom stereocenters. The fraction of sp³-hybridized carbons (Fsp3) is 0.688. The molecule has 2 aliphatic rings. The van der Waals surface area contributed by atoms with Crippen LogP contribution in [-0.2, 0) is 4.79 Å². The highest BCUT2D eigenvalue weighted by Crippen LogP contribution is 2.32. The number of piperidine rings is 1. The quantitative estimate of drug-likeness (QED) is 0.801. The Bertz CT molecular complexity index is 405. The second kappa shape index (κ2) is 6.55. The SMILES string of the molecule is CC1CCCCN1CCCC1(C(N)=O)C=CC=CC1N. The highest BCUT2D eigenvalue weighted by atomic mass is 16.1. The molecular weight excluding hydrogens is 250 g/mol. The molecule has 3 unspecified atom stereocenters. The van der Waals surface area contributed by atoms with Crippen molar-refractivity contribution >= 4 is 5.91 Å². The van der Waals surface area contributed by atoms with Crippen LogP contribution in [-0.4, -0.2) is 36.0 Å². The summed E-state index contributed by atoms with van der Waals surface area (Å²) in [4.78, 5) is 14.4. The number of hydrogen-bond acceptors (Lipinski definition) is 3. The van der Waals surface area contributed by atoms with E-state index in [4.69, 9.17) is 11.5 Å². The first-order valence-corrected chi connectivity index (χ1v) is 7.72. The maximum atomic E-state index is 11.9. The molecule has 2 rings (SSSR count). The summed E-state index contributed by atoms with van der Waals surface area (Å²) in [5, 5.41) is 0. The third-order valence-electron chi connectivity index (χ3n) is 4.85. The molecule has 1 heterocycles. The topological polar surface area (TPSA) is 72.3 Å². The zero-order chi connectivity index (χ0) is 14.6. The summed E-state index contributed by atoms with van der Waals surface area (Å²) in [6, 6.07) is 0.354. The van der Waals surface area contributed by atoms with Crippen LogP contribution < -0.4 is 11.5 Å². The molecule has 1 fully saturated rings. The number of hydrogen-bond donors (Lipinski definition) is 2. The highest BCUT2D eigenvalue weighted by Gasteiger charge is 2.39. The van der Waals surface area contributed by atoms with Crippen molar-refractivity contribution in [2.24, 2.45) is 16.9 Å².